The van der Waals surface area contributed by atoms with Gasteiger partial charge in [-0.25, -0.2) is 0 Å². The van der Waals surface area contributed by atoms with Gasteiger partial charge in [0.25, 0.3) is 0 Å². The van der Waals surface area contributed by atoms with Gasteiger partial charge in [-0.3, -0.25) is 0 Å². The Morgan fingerprint density at radius 3 is 1.48 bits per heavy atom. The molecule has 0 atom stereocenters. The van der Waals surface area contributed by atoms with E-state index >= 15 is 0 Å². The van der Waals surface area contributed by atoms with Gasteiger partial charge in [0.2, 0.25) is 0 Å². The van der Waals surface area contributed by atoms with Crippen LogP contribution in [0.3, 0.4) is 0 Å². The van der Waals surface area contributed by atoms with Gasteiger partial charge in [-0.15, -0.1) is 50.5 Å². The van der Waals surface area contributed by atoms with Crippen molar-refractivity contribution in [2.45, 2.75) is 26.5 Å². The molecule has 0 heterocycles. The summed E-state index contributed by atoms with van der Waals surface area (Å²) in [4.78, 5) is 3.88. The fourth-order valence-corrected chi connectivity index (χ4v) is 2.86. The Hall–Kier alpha value is -0.680. The standard InChI is InChI=1S/C10H8S2.C7H8S2/c11-9-5-6-10(12)8-4-2-1-3-7(8)9;1-5-2-3-6(8)7(9)4-5/h1-6,11-12H;2-4,8-9H,1H3. The molecule has 0 aliphatic heterocycles. The molecule has 3 aromatic carbocycles. The predicted octanol–water partition coefficient (Wildman–Crippen LogP) is 5.99. The average molecular weight is 349 g/mol. The smallest absolute Gasteiger partial charge is 0.0176 e. The van der Waals surface area contributed by atoms with Crippen LogP contribution in [-0.4, -0.2) is 0 Å². The lowest BCUT2D eigenvalue weighted by molar-refractivity contribution is 1.23. The van der Waals surface area contributed by atoms with Gasteiger partial charge in [0, 0.05) is 19.6 Å². The summed E-state index contributed by atoms with van der Waals surface area (Å²) < 4.78 is 0. The second-order valence-corrected chi connectivity index (χ2v) is 6.57. The molecule has 108 valence electrons. The minimum absolute atomic E-state index is 0.934. The zero-order valence-electron chi connectivity index (χ0n) is 11.5. The van der Waals surface area contributed by atoms with Crippen molar-refractivity contribution >= 4 is 61.3 Å². The summed E-state index contributed by atoms with van der Waals surface area (Å²) in [6.07, 6.45) is 0. The molecule has 0 spiro atoms. The quantitative estimate of drug-likeness (QED) is 0.352. The van der Waals surface area contributed by atoms with Crippen LogP contribution < -0.4 is 0 Å². The van der Waals surface area contributed by atoms with Crippen molar-refractivity contribution in [3.05, 3.63) is 60.2 Å². The van der Waals surface area contributed by atoms with Crippen molar-refractivity contribution in [1.82, 2.24) is 0 Å². The molecule has 0 radical (unpaired) electrons. The van der Waals surface area contributed by atoms with Gasteiger partial charge < -0.3 is 0 Å². The normalized spacial score (nSPS) is 10.1. The molecular weight excluding hydrogens is 332 g/mol. The summed E-state index contributed by atoms with van der Waals surface area (Å²) >= 11 is 17.1. The second-order valence-electron chi connectivity index (χ2n) is 4.64. The third-order valence-corrected chi connectivity index (χ3v) is 4.73. The fourth-order valence-electron chi connectivity index (χ4n) is 1.90. The summed E-state index contributed by atoms with van der Waals surface area (Å²) in [6, 6.07) is 18.0. The Kier molecular flexibility index (Phi) is 5.99. The highest BCUT2D eigenvalue weighted by Gasteiger charge is 1.98. The Labute approximate surface area is 147 Å². The van der Waals surface area contributed by atoms with E-state index in [1.54, 1.807) is 0 Å². The van der Waals surface area contributed by atoms with E-state index in [1.807, 2.05) is 49.4 Å². The Morgan fingerprint density at radius 1 is 0.571 bits per heavy atom. The molecular formula is C17H16S4. The maximum absolute atomic E-state index is 4.36. The van der Waals surface area contributed by atoms with Crippen molar-refractivity contribution in [2.24, 2.45) is 0 Å². The van der Waals surface area contributed by atoms with E-state index in [0.29, 0.717) is 0 Å². The molecule has 0 amide bonds. The molecule has 3 rings (SSSR count). The second kappa shape index (κ2) is 7.54. The van der Waals surface area contributed by atoms with Gasteiger partial charge in [0.05, 0.1) is 0 Å². The molecule has 0 nitrogen and oxygen atoms in total. The molecule has 0 aliphatic carbocycles. The molecule has 0 aromatic heterocycles. The van der Waals surface area contributed by atoms with Gasteiger partial charge in [-0.1, -0.05) is 30.3 Å². The largest absolute Gasteiger partial charge is 0.143 e. The number of fused-ring (bicyclic) bond motifs is 1. The first-order valence-electron chi connectivity index (χ1n) is 6.37. The van der Waals surface area contributed by atoms with Crippen LogP contribution in [0, 0.1) is 6.92 Å². The molecule has 0 unspecified atom stereocenters. The van der Waals surface area contributed by atoms with Crippen molar-refractivity contribution < 1.29 is 0 Å². The third-order valence-electron chi connectivity index (χ3n) is 3.01. The number of aryl methyl sites for hydroxylation is 1. The van der Waals surface area contributed by atoms with Crippen molar-refractivity contribution in [3.63, 3.8) is 0 Å². The molecule has 4 heteroatoms. The fraction of sp³-hybridized carbons (Fsp3) is 0.0588. The number of hydrogen-bond donors (Lipinski definition) is 4. The van der Waals surface area contributed by atoms with E-state index < -0.39 is 0 Å². The number of rotatable bonds is 0. The Bertz CT molecular complexity index is 725. The van der Waals surface area contributed by atoms with Gasteiger partial charge in [-0.2, -0.15) is 0 Å². The van der Waals surface area contributed by atoms with Crippen LogP contribution in [0.5, 0.6) is 0 Å². The monoisotopic (exact) mass is 348 g/mol. The minimum atomic E-state index is 0.934. The van der Waals surface area contributed by atoms with Crippen molar-refractivity contribution in [2.75, 3.05) is 0 Å². The SMILES string of the molecule is Cc1ccc(S)c(S)c1.Sc1ccc(S)c2ccccc12. The van der Waals surface area contributed by atoms with Crippen molar-refractivity contribution in [1.29, 1.82) is 0 Å². The van der Waals surface area contributed by atoms with Gasteiger partial charge >= 0.3 is 0 Å². The van der Waals surface area contributed by atoms with E-state index in [2.05, 4.69) is 62.6 Å². The van der Waals surface area contributed by atoms with Gasteiger partial charge in [-0.05, 0) is 47.5 Å². The zero-order valence-corrected chi connectivity index (χ0v) is 15.1. The van der Waals surface area contributed by atoms with Crippen LogP contribution in [0.15, 0.2) is 74.2 Å². The minimum Gasteiger partial charge on any atom is -0.143 e. The average Bonchev–Trinajstić information content (AvgIpc) is 2.48. The van der Waals surface area contributed by atoms with E-state index in [0.717, 1.165) is 30.4 Å². The molecule has 0 saturated carbocycles. The molecule has 0 bridgehead atoms. The summed E-state index contributed by atoms with van der Waals surface area (Å²) in [5, 5.41) is 2.32. The maximum Gasteiger partial charge on any atom is 0.0176 e. The maximum atomic E-state index is 4.36. The first kappa shape index (κ1) is 16.7. The van der Waals surface area contributed by atoms with E-state index in [1.165, 1.54) is 5.56 Å². The lowest BCUT2D eigenvalue weighted by Gasteiger charge is -2.02. The molecule has 21 heavy (non-hydrogen) atoms. The van der Waals surface area contributed by atoms with Crippen LogP contribution in [0.4, 0.5) is 0 Å². The number of benzene rings is 3. The van der Waals surface area contributed by atoms with Crippen LogP contribution in [0.2, 0.25) is 0 Å². The topological polar surface area (TPSA) is 0 Å². The van der Waals surface area contributed by atoms with Gasteiger partial charge in [0.15, 0.2) is 0 Å². The summed E-state index contributed by atoms with van der Waals surface area (Å²) in [5.74, 6) is 0. The highest BCUT2D eigenvalue weighted by atomic mass is 32.1. The lowest BCUT2D eigenvalue weighted by Crippen LogP contribution is -1.75. The third kappa shape index (κ3) is 4.39. The summed E-state index contributed by atoms with van der Waals surface area (Å²) in [7, 11) is 0. The van der Waals surface area contributed by atoms with Crippen LogP contribution in [-0.2, 0) is 0 Å². The summed E-state index contributed by atoms with van der Waals surface area (Å²) in [6.45, 7) is 2.03. The van der Waals surface area contributed by atoms with E-state index in [4.69, 9.17) is 0 Å². The van der Waals surface area contributed by atoms with Crippen molar-refractivity contribution in [3.8, 4) is 0 Å². The van der Waals surface area contributed by atoms with Crippen LogP contribution in [0.1, 0.15) is 5.56 Å². The number of thiol groups is 4. The first-order chi connectivity index (χ1) is 9.99. The molecule has 0 saturated heterocycles. The highest BCUT2D eigenvalue weighted by Crippen LogP contribution is 2.26. The van der Waals surface area contributed by atoms with E-state index in [9.17, 15) is 0 Å². The number of hydrogen-bond acceptors (Lipinski definition) is 4. The molecule has 3 aromatic rings. The summed E-state index contributed by atoms with van der Waals surface area (Å²) in [5.41, 5.74) is 1.22. The lowest BCUT2D eigenvalue weighted by atomic mass is 10.1. The van der Waals surface area contributed by atoms with Crippen LogP contribution in [0.25, 0.3) is 10.8 Å². The predicted molar refractivity (Wildman–Crippen MR) is 104 cm³/mol. The first-order valence-corrected chi connectivity index (χ1v) is 8.16. The molecule has 0 aliphatic rings. The molecule has 0 fully saturated rings. The van der Waals surface area contributed by atoms with Crippen LogP contribution >= 0.6 is 50.5 Å². The Balaban J connectivity index is 0.000000161. The Morgan fingerprint density at radius 2 is 1.05 bits per heavy atom. The zero-order chi connectivity index (χ0) is 15.4. The van der Waals surface area contributed by atoms with E-state index in [-0.39, 0.29) is 0 Å². The molecule has 0 N–H and O–H groups in total. The van der Waals surface area contributed by atoms with Gasteiger partial charge in [0.1, 0.15) is 0 Å². The highest BCUT2D eigenvalue weighted by molar-refractivity contribution is 7.83.